The summed E-state index contributed by atoms with van der Waals surface area (Å²) in [6.45, 7) is 4.61. The van der Waals surface area contributed by atoms with Crippen LogP contribution >= 0.6 is 0 Å². The number of hydrogen-bond acceptors (Lipinski definition) is 13. The molecule has 0 aromatic carbocycles. The van der Waals surface area contributed by atoms with Gasteiger partial charge in [0, 0.05) is 58.8 Å². The molecule has 0 aromatic rings. The van der Waals surface area contributed by atoms with Crippen LogP contribution in [0.5, 0.6) is 0 Å². The van der Waals surface area contributed by atoms with Crippen LogP contribution in [-0.2, 0) is 52.5 Å². The fourth-order valence-corrected chi connectivity index (χ4v) is 4.23. The van der Waals surface area contributed by atoms with Gasteiger partial charge in [0.05, 0.1) is 0 Å². The largest absolute Gasteiger partial charge is 0.462 e. The van der Waals surface area contributed by atoms with Crippen molar-refractivity contribution in [2.75, 3.05) is 6.61 Å². The number of nitrogens with zero attached hydrogens (tertiary/aromatic N) is 1. The number of ether oxygens (including phenoxy) is 5. The Labute approximate surface area is 219 Å². The maximum absolute atomic E-state index is 12.1. The molecule has 5 atom stereocenters. The first-order valence-corrected chi connectivity index (χ1v) is 11.8. The van der Waals surface area contributed by atoms with Gasteiger partial charge in [-0.05, 0) is 18.4 Å². The third-order valence-corrected chi connectivity index (χ3v) is 5.73. The van der Waals surface area contributed by atoms with Gasteiger partial charge in [0.1, 0.15) is 19.0 Å². The molecule has 0 radical (unpaired) electrons. The molecule has 0 unspecified atom stereocenters. The number of hydrogen-bond donors (Lipinski definition) is 0. The molecule has 0 spiro atoms. The summed E-state index contributed by atoms with van der Waals surface area (Å²) >= 11 is 0. The second-order valence-electron chi connectivity index (χ2n) is 8.88. The lowest BCUT2D eigenvalue weighted by Crippen LogP contribution is -2.53. The van der Waals surface area contributed by atoms with Crippen LogP contribution in [0.2, 0.25) is 0 Å². The van der Waals surface area contributed by atoms with Crippen LogP contribution in [0.4, 0.5) is 0 Å². The zero-order chi connectivity index (χ0) is 29.0. The molecule has 1 aliphatic rings. The summed E-state index contributed by atoms with van der Waals surface area (Å²) in [7, 11) is 0. The molecule has 14 heteroatoms. The van der Waals surface area contributed by atoms with E-state index in [-0.39, 0.29) is 37.7 Å². The quantitative estimate of drug-likeness (QED) is 0.100. The van der Waals surface area contributed by atoms with Crippen LogP contribution in [0, 0.1) is 10.1 Å². The average molecular weight is 544 g/mol. The van der Waals surface area contributed by atoms with Gasteiger partial charge in [-0.25, -0.2) is 0 Å². The molecular formula is C24H33NO13. The molecule has 1 aliphatic carbocycles. The normalized spacial score (nSPS) is 19.9. The third kappa shape index (κ3) is 10.3. The summed E-state index contributed by atoms with van der Waals surface area (Å²) in [5, 5.41) is 12.1. The molecular weight excluding hydrogens is 510 g/mol. The van der Waals surface area contributed by atoms with Gasteiger partial charge in [0.15, 0.2) is 18.3 Å². The number of allylic oxidation sites excluding steroid dienone is 1. The molecule has 212 valence electrons. The SMILES string of the molecule is CC(=O)OC[C@@H](OC(C)=O)[C@H](OC(C)=O)[C@H](OC(C)=O)[C@H](CC[C@]1([N+](=O)[O-])CCC=C(C=O)C1)OC(C)=O. The maximum atomic E-state index is 12.1. The minimum absolute atomic E-state index is 0.0955. The Morgan fingerprint density at radius 3 is 1.84 bits per heavy atom. The monoisotopic (exact) mass is 543 g/mol. The van der Waals surface area contributed by atoms with Crippen molar-refractivity contribution in [2.45, 2.75) is 96.7 Å². The van der Waals surface area contributed by atoms with Gasteiger partial charge in [0.2, 0.25) is 5.54 Å². The Balaban J connectivity index is 3.51. The molecule has 38 heavy (non-hydrogen) atoms. The molecule has 0 N–H and O–H groups in total. The van der Waals surface area contributed by atoms with Gasteiger partial charge in [-0.2, -0.15) is 0 Å². The molecule has 0 saturated carbocycles. The van der Waals surface area contributed by atoms with Crippen molar-refractivity contribution >= 4 is 36.1 Å². The van der Waals surface area contributed by atoms with Gasteiger partial charge in [-0.3, -0.25) is 38.9 Å². The number of esters is 5. The standard InChI is InChI=1S/C24H33NO13/c1-14(27)34-13-21(36-16(3)29)23(38-18(5)31)22(37-17(4)30)20(35-15(2)28)8-10-24(25(32)33)9-6-7-19(11-24)12-26/h7,12,20-23H,6,8-11,13H2,1-5H3/t20-,21+,22+,23-,24+/m0/s1. The van der Waals surface area contributed by atoms with Crippen molar-refractivity contribution in [3.8, 4) is 0 Å². The van der Waals surface area contributed by atoms with Gasteiger partial charge in [-0.1, -0.05) is 6.08 Å². The molecule has 0 fully saturated rings. The predicted octanol–water partition coefficient (Wildman–Crippen LogP) is 1.38. The summed E-state index contributed by atoms with van der Waals surface area (Å²) in [6, 6.07) is 0. The van der Waals surface area contributed by atoms with Crippen molar-refractivity contribution in [3.63, 3.8) is 0 Å². The summed E-state index contributed by atoms with van der Waals surface area (Å²) in [5.41, 5.74) is -1.32. The van der Waals surface area contributed by atoms with Gasteiger partial charge in [-0.15, -0.1) is 0 Å². The molecule has 0 bridgehead atoms. The Kier molecular flexibility index (Phi) is 12.5. The third-order valence-electron chi connectivity index (χ3n) is 5.73. The Morgan fingerprint density at radius 1 is 0.895 bits per heavy atom. The minimum Gasteiger partial charge on any atom is -0.462 e. The number of nitro groups is 1. The van der Waals surface area contributed by atoms with Crippen LogP contribution in [-0.4, -0.2) is 77.6 Å². The first kappa shape index (κ1) is 32.2. The van der Waals surface area contributed by atoms with Crippen molar-refractivity contribution in [1.82, 2.24) is 0 Å². The first-order chi connectivity index (χ1) is 17.7. The Hall–Kier alpha value is -3.84. The number of carbonyl (C=O) groups is 6. The van der Waals surface area contributed by atoms with E-state index in [1.807, 2.05) is 0 Å². The van der Waals surface area contributed by atoms with Crippen LogP contribution in [0.3, 0.4) is 0 Å². The average Bonchev–Trinajstić information content (AvgIpc) is 2.80. The molecule has 0 saturated heterocycles. The zero-order valence-corrected chi connectivity index (χ0v) is 22.0. The molecule has 0 amide bonds. The van der Waals surface area contributed by atoms with Gasteiger partial charge < -0.3 is 23.7 Å². The fourth-order valence-electron chi connectivity index (χ4n) is 4.23. The molecule has 1 rings (SSSR count). The number of aldehydes is 1. The van der Waals surface area contributed by atoms with E-state index in [9.17, 15) is 38.9 Å². The van der Waals surface area contributed by atoms with E-state index in [0.717, 1.165) is 34.6 Å². The summed E-state index contributed by atoms with van der Waals surface area (Å²) in [6.07, 6.45) is -4.28. The number of carbonyl (C=O) groups excluding carboxylic acids is 6. The van der Waals surface area contributed by atoms with Crippen LogP contribution in [0.15, 0.2) is 11.6 Å². The van der Waals surface area contributed by atoms with Crippen molar-refractivity contribution in [1.29, 1.82) is 0 Å². The van der Waals surface area contributed by atoms with Crippen molar-refractivity contribution in [3.05, 3.63) is 21.8 Å². The highest BCUT2D eigenvalue weighted by molar-refractivity contribution is 5.73. The highest BCUT2D eigenvalue weighted by Gasteiger charge is 2.48. The van der Waals surface area contributed by atoms with E-state index in [4.69, 9.17) is 23.7 Å². The van der Waals surface area contributed by atoms with Crippen LogP contribution in [0.25, 0.3) is 0 Å². The summed E-state index contributed by atoms with van der Waals surface area (Å²) in [5.74, 6) is -4.25. The second kappa shape index (κ2) is 14.8. The van der Waals surface area contributed by atoms with Crippen molar-refractivity contribution in [2.24, 2.45) is 0 Å². The van der Waals surface area contributed by atoms with Crippen LogP contribution in [0.1, 0.15) is 66.7 Å². The molecule has 0 aliphatic heterocycles. The zero-order valence-electron chi connectivity index (χ0n) is 22.0. The Bertz CT molecular complexity index is 959. The predicted molar refractivity (Wildman–Crippen MR) is 126 cm³/mol. The van der Waals surface area contributed by atoms with E-state index in [1.54, 1.807) is 6.08 Å². The topological polar surface area (TPSA) is 192 Å². The lowest BCUT2D eigenvalue weighted by Gasteiger charge is -2.36. The highest BCUT2D eigenvalue weighted by atomic mass is 16.6. The van der Waals surface area contributed by atoms with Gasteiger partial charge in [0.25, 0.3) is 0 Å². The van der Waals surface area contributed by atoms with E-state index < -0.39 is 71.3 Å². The summed E-state index contributed by atoms with van der Waals surface area (Å²) < 4.78 is 26.1. The molecule has 14 nitrogen and oxygen atoms in total. The van der Waals surface area contributed by atoms with Crippen LogP contribution < -0.4 is 0 Å². The lowest BCUT2D eigenvalue weighted by molar-refractivity contribution is -0.573. The summed E-state index contributed by atoms with van der Waals surface area (Å²) in [4.78, 5) is 82.1. The van der Waals surface area contributed by atoms with E-state index in [2.05, 4.69) is 0 Å². The molecule has 0 heterocycles. The van der Waals surface area contributed by atoms with E-state index in [1.165, 1.54) is 0 Å². The minimum atomic E-state index is -1.63. The molecule has 0 aromatic heterocycles. The first-order valence-electron chi connectivity index (χ1n) is 11.8. The smallest absolute Gasteiger partial charge is 0.303 e. The van der Waals surface area contributed by atoms with E-state index >= 15 is 0 Å². The van der Waals surface area contributed by atoms with E-state index in [0.29, 0.717) is 6.29 Å². The lowest BCUT2D eigenvalue weighted by atomic mass is 9.78. The maximum Gasteiger partial charge on any atom is 0.303 e. The fraction of sp³-hybridized carbons (Fsp3) is 0.667. The number of rotatable bonds is 14. The highest BCUT2D eigenvalue weighted by Crippen LogP contribution is 2.36. The van der Waals surface area contributed by atoms with Gasteiger partial charge >= 0.3 is 29.8 Å². The Morgan fingerprint density at radius 2 is 1.39 bits per heavy atom. The second-order valence-corrected chi connectivity index (χ2v) is 8.88. The van der Waals surface area contributed by atoms with Crippen molar-refractivity contribution < 1.29 is 57.4 Å².